The highest BCUT2D eigenvalue weighted by molar-refractivity contribution is 5.13. The lowest BCUT2D eigenvalue weighted by molar-refractivity contribution is 0.136. The molecule has 0 unspecified atom stereocenters. The van der Waals surface area contributed by atoms with Crippen LogP contribution in [-0.4, -0.2) is 9.78 Å². The fourth-order valence-electron chi connectivity index (χ4n) is 1.11. The van der Waals surface area contributed by atoms with Crippen LogP contribution >= 0.6 is 0 Å². The minimum Gasteiger partial charge on any atom is -0.261 e. The van der Waals surface area contributed by atoms with Gasteiger partial charge < -0.3 is 0 Å². The molecular weight excluding hydrogens is 200 g/mol. The fraction of sp³-hybridized carbons (Fsp3) is 0.625. The van der Waals surface area contributed by atoms with E-state index in [9.17, 15) is 17.6 Å². The molecule has 0 atom stereocenters. The number of nitrogens with zero attached hydrogens (tertiary/aromatic N) is 2. The minimum atomic E-state index is -2.81. The monoisotopic (exact) mass is 210 g/mol. The molecule has 0 aromatic carbocycles. The van der Waals surface area contributed by atoms with Crippen LogP contribution in [0.3, 0.4) is 0 Å². The smallest absolute Gasteiger partial charge is 0.261 e. The number of rotatable bonds is 3. The van der Waals surface area contributed by atoms with Crippen LogP contribution in [0.25, 0.3) is 0 Å². The van der Waals surface area contributed by atoms with E-state index < -0.39 is 24.2 Å². The van der Waals surface area contributed by atoms with Crippen molar-refractivity contribution in [3.63, 3.8) is 0 Å². The molecule has 0 aliphatic carbocycles. The van der Waals surface area contributed by atoms with Gasteiger partial charge in [-0.1, -0.05) is 0 Å². The fourth-order valence-corrected chi connectivity index (χ4v) is 1.11. The lowest BCUT2D eigenvalue weighted by atomic mass is 10.3. The van der Waals surface area contributed by atoms with Crippen molar-refractivity contribution in [1.82, 2.24) is 9.78 Å². The summed E-state index contributed by atoms with van der Waals surface area (Å²) in [7, 11) is 0. The van der Waals surface area contributed by atoms with E-state index in [0.29, 0.717) is 0 Å². The van der Waals surface area contributed by atoms with Crippen molar-refractivity contribution in [2.24, 2.45) is 0 Å². The predicted molar refractivity (Wildman–Crippen MR) is 42.5 cm³/mol. The second-order valence-corrected chi connectivity index (χ2v) is 3.13. The summed E-state index contributed by atoms with van der Waals surface area (Å²) >= 11 is 0. The normalized spacial score (nSPS) is 12.1. The average Bonchev–Trinajstić information content (AvgIpc) is 2.47. The zero-order valence-electron chi connectivity index (χ0n) is 7.72. The molecule has 6 heteroatoms. The molecule has 0 N–H and O–H groups in total. The third-order valence-electron chi connectivity index (χ3n) is 1.72. The Morgan fingerprint density at radius 3 is 2.00 bits per heavy atom. The van der Waals surface area contributed by atoms with E-state index >= 15 is 0 Å². The van der Waals surface area contributed by atoms with Crippen LogP contribution in [0.15, 0.2) is 6.07 Å². The van der Waals surface area contributed by atoms with Gasteiger partial charge >= 0.3 is 0 Å². The Hall–Kier alpha value is -1.07. The van der Waals surface area contributed by atoms with Crippen LogP contribution in [0, 0.1) is 0 Å². The van der Waals surface area contributed by atoms with Gasteiger partial charge in [-0.25, -0.2) is 17.6 Å². The molecule has 14 heavy (non-hydrogen) atoms. The van der Waals surface area contributed by atoms with E-state index in [-0.39, 0.29) is 6.04 Å². The first-order valence-corrected chi connectivity index (χ1v) is 4.09. The maximum absolute atomic E-state index is 12.4. The Morgan fingerprint density at radius 2 is 1.71 bits per heavy atom. The highest BCUT2D eigenvalue weighted by Crippen LogP contribution is 2.26. The molecule has 0 saturated carbocycles. The van der Waals surface area contributed by atoms with E-state index in [2.05, 4.69) is 5.10 Å². The van der Waals surface area contributed by atoms with Gasteiger partial charge in [0.2, 0.25) is 0 Å². The second kappa shape index (κ2) is 3.98. The SMILES string of the molecule is CC(C)n1nc(C(F)F)cc1C(F)F. The molecule has 0 bridgehead atoms. The maximum Gasteiger partial charge on any atom is 0.282 e. The van der Waals surface area contributed by atoms with Gasteiger partial charge in [-0.3, -0.25) is 4.68 Å². The molecule has 0 aliphatic heterocycles. The van der Waals surface area contributed by atoms with Crippen LogP contribution < -0.4 is 0 Å². The van der Waals surface area contributed by atoms with Gasteiger partial charge in [0.1, 0.15) is 11.4 Å². The maximum atomic E-state index is 12.4. The van der Waals surface area contributed by atoms with Gasteiger partial charge in [0.25, 0.3) is 12.9 Å². The van der Waals surface area contributed by atoms with Gasteiger partial charge in [-0.05, 0) is 19.9 Å². The summed E-state index contributed by atoms with van der Waals surface area (Å²) in [4.78, 5) is 0. The quantitative estimate of drug-likeness (QED) is 0.699. The Balaban J connectivity index is 3.12. The molecule has 0 saturated heterocycles. The zero-order valence-corrected chi connectivity index (χ0v) is 7.72. The summed E-state index contributed by atoms with van der Waals surface area (Å²) in [5.41, 5.74) is -1.07. The molecule has 0 spiro atoms. The summed E-state index contributed by atoms with van der Waals surface area (Å²) in [5.74, 6) is 0. The first-order valence-electron chi connectivity index (χ1n) is 4.09. The Kier molecular flexibility index (Phi) is 3.13. The van der Waals surface area contributed by atoms with Gasteiger partial charge in [0, 0.05) is 6.04 Å². The first kappa shape index (κ1) is 11.0. The van der Waals surface area contributed by atoms with E-state index in [1.807, 2.05) is 0 Å². The van der Waals surface area contributed by atoms with E-state index in [1.165, 1.54) is 0 Å². The Morgan fingerprint density at radius 1 is 1.14 bits per heavy atom. The van der Waals surface area contributed by atoms with Crippen LogP contribution in [0.2, 0.25) is 0 Å². The molecule has 1 rings (SSSR count). The third-order valence-corrected chi connectivity index (χ3v) is 1.72. The van der Waals surface area contributed by atoms with Crippen molar-refractivity contribution in [2.75, 3.05) is 0 Å². The minimum absolute atomic E-state index is 0.355. The van der Waals surface area contributed by atoms with Gasteiger partial charge in [0.05, 0.1) is 0 Å². The number of halogens is 4. The van der Waals surface area contributed by atoms with Crippen molar-refractivity contribution in [2.45, 2.75) is 32.7 Å². The van der Waals surface area contributed by atoms with Crippen LogP contribution in [-0.2, 0) is 0 Å². The van der Waals surface area contributed by atoms with Gasteiger partial charge in [0.15, 0.2) is 0 Å². The second-order valence-electron chi connectivity index (χ2n) is 3.13. The molecule has 2 nitrogen and oxygen atoms in total. The highest BCUT2D eigenvalue weighted by atomic mass is 19.3. The molecule has 1 aromatic rings. The lowest BCUT2D eigenvalue weighted by Crippen LogP contribution is -2.07. The zero-order chi connectivity index (χ0) is 10.9. The molecule has 80 valence electrons. The van der Waals surface area contributed by atoms with Crippen LogP contribution in [0.5, 0.6) is 0 Å². The summed E-state index contributed by atoms with van der Waals surface area (Å²) in [6.45, 7) is 3.21. The van der Waals surface area contributed by atoms with Gasteiger partial charge in [-0.15, -0.1) is 0 Å². The highest BCUT2D eigenvalue weighted by Gasteiger charge is 2.21. The summed E-state index contributed by atoms with van der Waals surface area (Å²) < 4.78 is 50.0. The standard InChI is InChI=1S/C8H10F4N2/c1-4(2)14-6(8(11)12)3-5(13-14)7(9)10/h3-4,7-8H,1-2H3. The topological polar surface area (TPSA) is 17.8 Å². The molecular formula is C8H10F4N2. The van der Waals surface area contributed by atoms with Crippen molar-refractivity contribution >= 4 is 0 Å². The lowest BCUT2D eigenvalue weighted by Gasteiger charge is -2.09. The van der Waals surface area contributed by atoms with Crippen molar-refractivity contribution in [3.8, 4) is 0 Å². The van der Waals surface area contributed by atoms with Crippen molar-refractivity contribution in [3.05, 3.63) is 17.5 Å². The number of hydrogen-bond donors (Lipinski definition) is 0. The van der Waals surface area contributed by atoms with Gasteiger partial charge in [-0.2, -0.15) is 5.10 Å². The van der Waals surface area contributed by atoms with E-state index in [4.69, 9.17) is 0 Å². The largest absolute Gasteiger partial charge is 0.282 e. The Bertz CT molecular complexity index is 281. The molecule has 1 heterocycles. The summed E-state index contributed by atoms with van der Waals surface area (Å²) in [6.07, 6.45) is -5.59. The number of aromatic nitrogens is 2. The molecule has 0 fully saturated rings. The number of hydrogen-bond acceptors (Lipinski definition) is 1. The molecule has 1 aromatic heterocycles. The molecule has 0 aliphatic rings. The van der Waals surface area contributed by atoms with Crippen molar-refractivity contribution in [1.29, 1.82) is 0 Å². The van der Waals surface area contributed by atoms with E-state index in [0.717, 1.165) is 10.7 Å². The van der Waals surface area contributed by atoms with Crippen molar-refractivity contribution < 1.29 is 17.6 Å². The Labute approximate surface area is 78.5 Å². The van der Waals surface area contributed by atoms with Crippen LogP contribution in [0.4, 0.5) is 17.6 Å². The van der Waals surface area contributed by atoms with E-state index in [1.54, 1.807) is 13.8 Å². The molecule has 0 radical (unpaired) electrons. The average molecular weight is 210 g/mol. The summed E-state index contributed by atoms with van der Waals surface area (Å²) in [6, 6.07) is 0.390. The number of alkyl halides is 4. The third kappa shape index (κ3) is 2.05. The predicted octanol–water partition coefficient (Wildman–Crippen LogP) is 3.34. The summed E-state index contributed by atoms with van der Waals surface area (Å²) in [5, 5.41) is 3.42. The first-order chi connectivity index (χ1) is 6.43. The molecule has 0 amide bonds. The van der Waals surface area contributed by atoms with Crippen LogP contribution in [0.1, 0.15) is 44.1 Å².